The fourth-order valence-electron chi connectivity index (χ4n) is 1.68. The average molecular weight is 304 g/mol. The first-order valence-electron chi connectivity index (χ1n) is 6.16. The van der Waals surface area contributed by atoms with Gasteiger partial charge in [-0.1, -0.05) is 13.8 Å². The highest BCUT2D eigenvalue weighted by Crippen LogP contribution is 2.25. The molecule has 0 bridgehead atoms. The van der Waals surface area contributed by atoms with Crippen molar-refractivity contribution in [3.63, 3.8) is 0 Å². The third kappa shape index (κ3) is 5.46. The first-order chi connectivity index (χ1) is 7.74. The Morgan fingerprint density at radius 1 is 1.38 bits per heavy atom. The largest absolute Gasteiger partial charge is 0.317 e. The summed E-state index contributed by atoms with van der Waals surface area (Å²) in [6, 6.07) is 2.15. The van der Waals surface area contributed by atoms with Gasteiger partial charge in [0.1, 0.15) is 0 Å². The number of nitrogens with one attached hydrogen (secondary N) is 1. The molecule has 0 saturated carbocycles. The maximum absolute atomic E-state index is 3.59. The molecule has 0 aromatic carbocycles. The van der Waals surface area contributed by atoms with E-state index in [1.54, 1.807) is 0 Å². The van der Waals surface area contributed by atoms with Gasteiger partial charge < -0.3 is 5.32 Å². The zero-order valence-electron chi connectivity index (χ0n) is 10.3. The van der Waals surface area contributed by atoms with E-state index in [0.717, 1.165) is 12.5 Å². The van der Waals surface area contributed by atoms with Crippen LogP contribution in [0.25, 0.3) is 0 Å². The second-order valence-electron chi connectivity index (χ2n) is 4.37. The van der Waals surface area contributed by atoms with Crippen molar-refractivity contribution in [3.8, 4) is 0 Å². The molecule has 1 aromatic rings. The molecule has 1 nitrogen and oxygen atoms in total. The predicted molar refractivity (Wildman–Crippen MR) is 77.3 cm³/mol. The molecule has 92 valence electrons. The van der Waals surface area contributed by atoms with E-state index in [-0.39, 0.29) is 0 Å². The fourth-order valence-corrected chi connectivity index (χ4v) is 3.25. The summed E-state index contributed by atoms with van der Waals surface area (Å²) in [7, 11) is 0. The lowest BCUT2D eigenvalue weighted by molar-refractivity contribution is 0.471. The van der Waals surface area contributed by atoms with Crippen molar-refractivity contribution < 1.29 is 0 Å². The number of halogens is 1. The molecule has 16 heavy (non-hydrogen) atoms. The third-order valence-electron chi connectivity index (χ3n) is 2.80. The first-order valence-corrected chi connectivity index (χ1v) is 7.84. The molecular formula is C13H22BrNS. The van der Waals surface area contributed by atoms with Gasteiger partial charge >= 0.3 is 0 Å². The van der Waals surface area contributed by atoms with Gasteiger partial charge in [0.15, 0.2) is 0 Å². The lowest BCUT2D eigenvalue weighted by Crippen LogP contribution is -2.18. The molecule has 1 N–H and O–H groups in total. The summed E-state index contributed by atoms with van der Waals surface area (Å²) in [6.45, 7) is 6.89. The molecular weight excluding hydrogens is 282 g/mol. The molecule has 0 fully saturated rings. The van der Waals surface area contributed by atoms with Crippen molar-refractivity contribution in [2.75, 3.05) is 13.1 Å². The molecule has 3 heteroatoms. The van der Waals surface area contributed by atoms with Gasteiger partial charge in [-0.05, 0) is 72.1 Å². The summed E-state index contributed by atoms with van der Waals surface area (Å²) in [5.41, 5.74) is 0. The summed E-state index contributed by atoms with van der Waals surface area (Å²) in [5.74, 6) is 0.818. The maximum Gasteiger partial charge on any atom is 0.0314 e. The predicted octanol–water partition coefficient (Wildman–Crippen LogP) is 4.47. The van der Waals surface area contributed by atoms with Crippen molar-refractivity contribution in [1.82, 2.24) is 5.32 Å². The van der Waals surface area contributed by atoms with Crippen LogP contribution >= 0.6 is 27.3 Å². The van der Waals surface area contributed by atoms with Crippen molar-refractivity contribution >= 4 is 27.3 Å². The van der Waals surface area contributed by atoms with Crippen LogP contribution in [-0.4, -0.2) is 13.1 Å². The third-order valence-corrected chi connectivity index (χ3v) is 4.78. The lowest BCUT2D eigenvalue weighted by atomic mass is 10.0. The Labute approximate surface area is 112 Å². The Kier molecular flexibility index (Phi) is 7.33. The molecule has 0 aliphatic rings. The van der Waals surface area contributed by atoms with E-state index in [1.807, 2.05) is 11.3 Å². The molecule has 0 saturated heterocycles. The van der Waals surface area contributed by atoms with Crippen LogP contribution in [0, 0.1) is 5.92 Å². The summed E-state index contributed by atoms with van der Waals surface area (Å²) >= 11 is 5.45. The van der Waals surface area contributed by atoms with Gasteiger partial charge in [-0.15, -0.1) is 11.3 Å². The smallest absolute Gasteiger partial charge is 0.0314 e. The summed E-state index contributed by atoms with van der Waals surface area (Å²) in [6.07, 6.45) is 5.04. The molecule has 1 rings (SSSR count). The fraction of sp³-hybridized carbons (Fsp3) is 0.692. The summed E-state index contributed by atoms with van der Waals surface area (Å²) in [5, 5.41) is 5.62. The van der Waals surface area contributed by atoms with Gasteiger partial charge in [-0.2, -0.15) is 0 Å². The van der Waals surface area contributed by atoms with Gasteiger partial charge in [0.05, 0.1) is 0 Å². The Morgan fingerprint density at radius 3 is 2.81 bits per heavy atom. The van der Waals surface area contributed by atoms with Crippen LogP contribution in [0.3, 0.4) is 0 Å². The highest BCUT2D eigenvalue weighted by molar-refractivity contribution is 9.10. The maximum atomic E-state index is 3.59. The summed E-state index contributed by atoms with van der Waals surface area (Å²) < 4.78 is 1.29. The molecule has 1 aromatic heterocycles. The molecule has 0 aliphatic heterocycles. The number of aryl methyl sites for hydroxylation is 1. The van der Waals surface area contributed by atoms with Gasteiger partial charge in [0.2, 0.25) is 0 Å². The van der Waals surface area contributed by atoms with E-state index in [9.17, 15) is 0 Å². The zero-order valence-corrected chi connectivity index (χ0v) is 12.7. The highest BCUT2D eigenvalue weighted by Gasteiger charge is 2.05. The standard InChI is InChI=1S/C13H22BrNS/c1-3-8-15-9-6-11(2)4-5-13-12(14)7-10-16-13/h7,10-11,15H,3-6,8-9H2,1-2H3. The Bertz CT molecular complexity index is 285. The van der Waals surface area contributed by atoms with Gasteiger partial charge in [-0.3, -0.25) is 0 Å². The van der Waals surface area contributed by atoms with Crippen LogP contribution in [-0.2, 0) is 6.42 Å². The number of hydrogen-bond acceptors (Lipinski definition) is 2. The van der Waals surface area contributed by atoms with Crippen LogP contribution in [0.1, 0.15) is 38.0 Å². The highest BCUT2D eigenvalue weighted by atomic mass is 79.9. The minimum Gasteiger partial charge on any atom is -0.317 e. The van der Waals surface area contributed by atoms with E-state index in [0.29, 0.717) is 0 Å². The minimum absolute atomic E-state index is 0.818. The molecule has 1 heterocycles. The Morgan fingerprint density at radius 2 is 2.19 bits per heavy atom. The monoisotopic (exact) mass is 303 g/mol. The van der Waals surface area contributed by atoms with Crippen molar-refractivity contribution in [1.29, 1.82) is 0 Å². The second-order valence-corrected chi connectivity index (χ2v) is 6.23. The molecule has 0 amide bonds. The SMILES string of the molecule is CCCNCCC(C)CCc1sccc1Br. The van der Waals surface area contributed by atoms with E-state index >= 15 is 0 Å². The van der Waals surface area contributed by atoms with Crippen LogP contribution < -0.4 is 5.32 Å². The Hall–Kier alpha value is 0.140. The van der Waals surface area contributed by atoms with Crippen molar-refractivity contribution in [2.45, 2.75) is 39.5 Å². The molecule has 1 unspecified atom stereocenters. The van der Waals surface area contributed by atoms with E-state index in [4.69, 9.17) is 0 Å². The minimum atomic E-state index is 0.818. The topological polar surface area (TPSA) is 12.0 Å². The molecule has 1 atom stereocenters. The van der Waals surface area contributed by atoms with Gasteiger partial charge in [0.25, 0.3) is 0 Å². The number of hydrogen-bond donors (Lipinski definition) is 1. The molecule has 0 radical (unpaired) electrons. The van der Waals surface area contributed by atoms with Gasteiger partial charge in [0, 0.05) is 9.35 Å². The van der Waals surface area contributed by atoms with Crippen molar-refractivity contribution in [3.05, 3.63) is 20.8 Å². The van der Waals surface area contributed by atoms with Crippen LogP contribution in [0.5, 0.6) is 0 Å². The Balaban J connectivity index is 2.10. The van der Waals surface area contributed by atoms with E-state index < -0.39 is 0 Å². The van der Waals surface area contributed by atoms with Crippen LogP contribution in [0.2, 0.25) is 0 Å². The number of rotatable bonds is 8. The second kappa shape index (κ2) is 8.26. The summed E-state index contributed by atoms with van der Waals surface area (Å²) in [4.78, 5) is 1.49. The van der Waals surface area contributed by atoms with Crippen LogP contribution in [0.15, 0.2) is 15.9 Å². The molecule has 0 spiro atoms. The first kappa shape index (κ1) is 14.2. The van der Waals surface area contributed by atoms with E-state index in [2.05, 4.69) is 46.5 Å². The molecule has 0 aliphatic carbocycles. The van der Waals surface area contributed by atoms with Gasteiger partial charge in [-0.25, -0.2) is 0 Å². The normalized spacial score (nSPS) is 12.9. The van der Waals surface area contributed by atoms with E-state index in [1.165, 1.54) is 41.6 Å². The number of thiophene rings is 1. The van der Waals surface area contributed by atoms with Crippen molar-refractivity contribution in [2.24, 2.45) is 5.92 Å². The lowest BCUT2D eigenvalue weighted by Gasteiger charge is -2.11. The average Bonchev–Trinajstić information content (AvgIpc) is 2.67. The van der Waals surface area contributed by atoms with Crippen LogP contribution in [0.4, 0.5) is 0 Å². The quantitative estimate of drug-likeness (QED) is 0.699. The zero-order chi connectivity index (χ0) is 11.8.